The maximum atomic E-state index is 11.9. The van der Waals surface area contributed by atoms with Gasteiger partial charge in [0.15, 0.2) is 5.76 Å². The zero-order valence-electron chi connectivity index (χ0n) is 13.2. The van der Waals surface area contributed by atoms with Crippen LogP contribution < -0.4 is 5.32 Å². The summed E-state index contributed by atoms with van der Waals surface area (Å²) < 4.78 is 10.6. The summed E-state index contributed by atoms with van der Waals surface area (Å²) in [5.74, 6) is 0.985. The summed E-state index contributed by atoms with van der Waals surface area (Å²) in [6.45, 7) is 2.67. The third kappa shape index (κ3) is 4.26. The predicted octanol–water partition coefficient (Wildman–Crippen LogP) is 3.09. The zero-order valence-corrected chi connectivity index (χ0v) is 14.0. The van der Waals surface area contributed by atoms with Crippen molar-refractivity contribution in [1.29, 1.82) is 0 Å². The van der Waals surface area contributed by atoms with E-state index in [2.05, 4.69) is 34.6 Å². The van der Waals surface area contributed by atoms with E-state index in [0.29, 0.717) is 23.4 Å². The number of amides is 1. The van der Waals surface area contributed by atoms with Crippen LogP contribution in [0.1, 0.15) is 11.1 Å². The van der Waals surface area contributed by atoms with Crippen molar-refractivity contribution >= 4 is 17.7 Å². The second-order valence-electron chi connectivity index (χ2n) is 5.17. The van der Waals surface area contributed by atoms with Crippen molar-refractivity contribution in [2.75, 3.05) is 12.3 Å². The number of carbonyl (C=O) groups is 1. The van der Waals surface area contributed by atoms with Gasteiger partial charge in [0.05, 0.1) is 12.0 Å². The Balaban J connectivity index is 1.42. The first kappa shape index (κ1) is 16.3. The molecule has 0 aliphatic carbocycles. The van der Waals surface area contributed by atoms with E-state index in [4.69, 9.17) is 8.83 Å². The van der Waals surface area contributed by atoms with Crippen LogP contribution in [-0.4, -0.2) is 28.4 Å². The van der Waals surface area contributed by atoms with Crippen LogP contribution in [0.15, 0.2) is 56.7 Å². The number of aryl methyl sites for hydroxylation is 1. The second kappa shape index (κ2) is 7.83. The van der Waals surface area contributed by atoms with Crippen LogP contribution in [0, 0.1) is 6.92 Å². The molecule has 0 radical (unpaired) electrons. The molecule has 1 aromatic carbocycles. The Kier molecular flexibility index (Phi) is 5.32. The molecule has 24 heavy (non-hydrogen) atoms. The van der Waals surface area contributed by atoms with Gasteiger partial charge in [-0.05, 0) is 36.6 Å². The molecule has 1 N–H and O–H groups in total. The van der Waals surface area contributed by atoms with Crippen LogP contribution in [0.3, 0.4) is 0 Å². The van der Waals surface area contributed by atoms with Gasteiger partial charge in [-0.1, -0.05) is 36.0 Å². The topological polar surface area (TPSA) is 81.2 Å². The number of nitrogens with zero attached hydrogens (tertiary/aromatic N) is 2. The van der Waals surface area contributed by atoms with Gasteiger partial charge in [0.25, 0.3) is 11.1 Å². The van der Waals surface area contributed by atoms with Crippen molar-refractivity contribution in [3.63, 3.8) is 0 Å². The molecule has 124 valence electrons. The van der Waals surface area contributed by atoms with Crippen LogP contribution in [0.5, 0.6) is 0 Å². The number of hydrogen-bond acceptors (Lipinski definition) is 6. The minimum atomic E-state index is -0.0636. The summed E-state index contributed by atoms with van der Waals surface area (Å²) in [7, 11) is 0. The minimum Gasteiger partial charge on any atom is -0.459 e. The third-order valence-corrected chi connectivity index (χ3v) is 4.26. The van der Waals surface area contributed by atoms with Crippen molar-refractivity contribution < 1.29 is 13.6 Å². The molecule has 1 amide bonds. The first-order chi connectivity index (χ1) is 11.7. The average molecular weight is 343 g/mol. The highest BCUT2D eigenvalue weighted by molar-refractivity contribution is 7.99. The Morgan fingerprint density at radius 1 is 1.21 bits per heavy atom. The van der Waals surface area contributed by atoms with Crippen molar-refractivity contribution in [3.05, 3.63) is 53.8 Å². The maximum absolute atomic E-state index is 11.9. The van der Waals surface area contributed by atoms with E-state index in [1.807, 2.05) is 12.1 Å². The fourth-order valence-corrected chi connectivity index (χ4v) is 2.77. The molecule has 3 aromatic rings. The lowest BCUT2D eigenvalue weighted by Gasteiger charge is -2.06. The molecule has 0 saturated heterocycles. The molecule has 7 heteroatoms. The average Bonchev–Trinajstić information content (AvgIpc) is 3.26. The Morgan fingerprint density at radius 2 is 2.08 bits per heavy atom. The minimum absolute atomic E-state index is 0.0636. The SMILES string of the molecule is Cc1ccccc1CCNC(=O)CSc1nnc(-c2ccco2)o1. The van der Waals surface area contributed by atoms with Gasteiger partial charge < -0.3 is 14.2 Å². The Bertz CT molecular complexity index is 799. The molecule has 0 aliphatic rings. The highest BCUT2D eigenvalue weighted by Crippen LogP contribution is 2.23. The van der Waals surface area contributed by atoms with E-state index in [1.54, 1.807) is 12.1 Å². The summed E-state index contributed by atoms with van der Waals surface area (Å²) in [6.07, 6.45) is 2.35. The van der Waals surface area contributed by atoms with E-state index in [0.717, 1.165) is 6.42 Å². The summed E-state index contributed by atoms with van der Waals surface area (Å²) in [5.41, 5.74) is 2.47. The van der Waals surface area contributed by atoms with Crippen LogP contribution in [-0.2, 0) is 11.2 Å². The van der Waals surface area contributed by atoms with Gasteiger partial charge in [0.1, 0.15) is 0 Å². The second-order valence-corrected chi connectivity index (χ2v) is 6.09. The maximum Gasteiger partial charge on any atom is 0.284 e. The highest BCUT2D eigenvalue weighted by atomic mass is 32.2. The van der Waals surface area contributed by atoms with E-state index in [-0.39, 0.29) is 11.7 Å². The van der Waals surface area contributed by atoms with Crippen LogP contribution in [0.4, 0.5) is 0 Å². The normalized spacial score (nSPS) is 10.7. The fraction of sp³-hybridized carbons (Fsp3) is 0.235. The van der Waals surface area contributed by atoms with Crippen molar-refractivity contribution in [3.8, 4) is 11.7 Å². The number of thioether (sulfide) groups is 1. The number of carbonyl (C=O) groups excluding carboxylic acids is 1. The van der Waals surface area contributed by atoms with Crippen LogP contribution in [0.2, 0.25) is 0 Å². The van der Waals surface area contributed by atoms with Crippen molar-refractivity contribution in [2.45, 2.75) is 18.6 Å². The largest absolute Gasteiger partial charge is 0.459 e. The van der Waals surface area contributed by atoms with Gasteiger partial charge in [-0.25, -0.2) is 0 Å². The summed E-state index contributed by atoms with van der Waals surface area (Å²) in [5, 5.41) is 11.0. The molecule has 3 rings (SSSR count). The van der Waals surface area contributed by atoms with Crippen LogP contribution >= 0.6 is 11.8 Å². The Morgan fingerprint density at radius 3 is 2.88 bits per heavy atom. The molecule has 2 heterocycles. The lowest BCUT2D eigenvalue weighted by atomic mass is 10.1. The number of hydrogen-bond donors (Lipinski definition) is 1. The lowest BCUT2D eigenvalue weighted by Crippen LogP contribution is -2.27. The molecule has 2 aromatic heterocycles. The molecule has 0 spiro atoms. The van der Waals surface area contributed by atoms with E-state index in [9.17, 15) is 4.79 Å². The summed E-state index contributed by atoms with van der Waals surface area (Å²) in [6, 6.07) is 11.6. The molecule has 0 bridgehead atoms. The van der Waals surface area contributed by atoms with Gasteiger partial charge in [0.2, 0.25) is 5.91 Å². The molecule has 6 nitrogen and oxygen atoms in total. The molecule has 0 atom stereocenters. The molecule has 0 unspecified atom stereocenters. The molecule has 0 aliphatic heterocycles. The quantitative estimate of drug-likeness (QED) is 0.664. The monoisotopic (exact) mass is 343 g/mol. The Labute approximate surface area is 143 Å². The van der Waals surface area contributed by atoms with Gasteiger partial charge in [-0.3, -0.25) is 4.79 Å². The van der Waals surface area contributed by atoms with Crippen molar-refractivity contribution in [1.82, 2.24) is 15.5 Å². The van der Waals surface area contributed by atoms with E-state index in [1.165, 1.54) is 29.2 Å². The fourth-order valence-electron chi connectivity index (χ4n) is 2.17. The summed E-state index contributed by atoms with van der Waals surface area (Å²) >= 11 is 1.20. The van der Waals surface area contributed by atoms with Crippen molar-refractivity contribution in [2.24, 2.45) is 0 Å². The van der Waals surface area contributed by atoms with Gasteiger partial charge in [-0.2, -0.15) is 0 Å². The van der Waals surface area contributed by atoms with Gasteiger partial charge in [-0.15, -0.1) is 10.2 Å². The van der Waals surface area contributed by atoms with Gasteiger partial charge >= 0.3 is 0 Å². The predicted molar refractivity (Wildman–Crippen MR) is 90.6 cm³/mol. The first-order valence-corrected chi connectivity index (χ1v) is 8.52. The van der Waals surface area contributed by atoms with Gasteiger partial charge in [0, 0.05) is 6.54 Å². The van der Waals surface area contributed by atoms with E-state index < -0.39 is 0 Å². The number of furan rings is 1. The summed E-state index contributed by atoms with van der Waals surface area (Å²) in [4.78, 5) is 11.9. The smallest absolute Gasteiger partial charge is 0.284 e. The molecule has 0 fully saturated rings. The first-order valence-electron chi connectivity index (χ1n) is 7.54. The number of aromatic nitrogens is 2. The number of rotatable bonds is 7. The van der Waals surface area contributed by atoms with Crippen LogP contribution in [0.25, 0.3) is 11.7 Å². The number of benzene rings is 1. The standard InChI is InChI=1S/C17H17N3O3S/c1-12-5-2-3-6-13(12)8-9-18-15(21)11-24-17-20-19-16(23-17)14-7-4-10-22-14/h2-7,10H,8-9,11H2,1H3,(H,18,21). The number of nitrogens with one attached hydrogen (secondary N) is 1. The molecule has 0 saturated carbocycles. The zero-order chi connectivity index (χ0) is 16.8. The van der Waals surface area contributed by atoms with E-state index >= 15 is 0 Å². The Hall–Kier alpha value is -2.54. The third-order valence-electron chi connectivity index (χ3n) is 3.44. The molecular formula is C17H17N3O3S. The lowest BCUT2D eigenvalue weighted by molar-refractivity contribution is -0.118. The highest BCUT2D eigenvalue weighted by Gasteiger charge is 2.12. The molecular weight excluding hydrogens is 326 g/mol.